The van der Waals surface area contributed by atoms with Gasteiger partial charge in [0.15, 0.2) is 0 Å². The van der Waals surface area contributed by atoms with Crippen molar-refractivity contribution in [3.05, 3.63) is 69.8 Å². The average Bonchev–Trinajstić information content (AvgIpc) is 2.75. The van der Waals surface area contributed by atoms with Crippen LogP contribution in [0.25, 0.3) is 10.9 Å². The molecule has 0 fully saturated rings. The third-order valence-electron chi connectivity index (χ3n) is 6.09. The zero-order chi connectivity index (χ0) is 22.0. The number of hydrogen-bond acceptors (Lipinski definition) is 4. The number of halogens is 1. The molecule has 1 atom stereocenters. The van der Waals surface area contributed by atoms with Crippen LogP contribution in [0.5, 0.6) is 5.75 Å². The van der Waals surface area contributed by atoms with Crippen molar-refractivity contribution >= 4 is 32.8 Å². The fraction of sp³-hybridized carbons (Fsp3) is 0.385. The van der Waals surface area contributed by atoms with Crippen molar-refractivity contribution in [1.29, 1.82) is 0 Å². The maximum absolute atomic E-state index is 13.2. The predicted octanol–water partition coefficient (Wildman–Crippen LogP) is 6.38. The Morgan fingerprint density at radius 2 is 1.84 bits per heavy atom. The van der Waals surface area contributed by atoms with Gasteiger partial charge in [-0.15, -0.1) is 0 Å². The van der Waals surface area contributed by atoms with Crippen LogP contribution in [-0.4, -0.2) is 24.2 Å². The van der Waals surface area contributed by atoms with Crippen LogP contribution in [0.15, 0.2) is 53.0 Å². The fourth-order valence-electron chi connectivity index (χ4n) is 4.26. The van der Waals surface area contributed by atoms with Crippen molar-refractivity contribution in [3.63, 3.8) is 0 Å². The molecule has 31 heavy (non-hydrogen) atoms. The summed E-state index contributed by atoms with van der Waals surface area (Å²) in [4.78, 5) is 18.1. The smallest absolute Gasteiger partial charge is 0.339 e. The summed E-state index contributed by atoms with van der Waals surface area (Å²) in [5, 5.41) is 0.870. The Balaban J connectivity index is 1.55. The molecule has 3 aromatic rings. The highest BCUT2D eigenvalue weighted by molar-refractivity contribution is 9.10. The summed E-state index contributed by atoms with van der Waals surface area (Å²) in [5.41, 5.74) is 3.82. The second kappa shape index (κ2) is 8.99. The molecule has 0 aliphatic heterocycles. The zero-order valence-electron chi connectivity index (χ0n) is 18.3. The quantitative estimate of drug-likeness (QED) is 0.313. The molecule has 0 radical (unpaired) electrons. The molecule has 0 saturated heterocycles. The number of esters is 1. The topological polar surface area (TPSA) is 48.4 Å². The van der Waals surface area contributed by atoms with Crippen LogP contribution in [-0.2, 0) is 17.6 Å². The minimum atomic E-state index is -0.288. The molecule has 0 bridgehead atoms. The van der Waals surface area contributed by atoms with Gasteiger partial charge in [-0.05, 0) is 66.5 Å². The van der Waals surface area contributed by atoms with Crippen LogP contribution in [0.4, 0.5) is 0 Å². The van der Waals surface area contributed by atoms with Crippen LogP contribution in [0.3, 0.4) is 0 Å². The minimum Gasteiger partial charge on any atom is -0.490 e. The van der Waals surface area contributed by atoms with Crippen molar-refractivity contribution < 1.29 is 14.3 Å². The highest BCUT2D eigenvalue weighted by atomic mass is 79.9. The number of nitrogens with zero attached hydrogens (tertiary/aromatic N) is 1. The normalized spacial score (nSPS) is 16.1. The Morgan fingerprint density at radius 1 is 1.10 bits per heavy atom. The second-order valence-corrected chi connectivity index (χ2v) is 10.1. The first-order chi connectivity index (χ1) is 14.8. The number of ether oxygens (including phenoxy) is 2. The van der Waals surface area contributed by atoms with E-state index in [0.29, 0.717) is 18.1 Å². The van der Waals surface area contributed by atoms with Crippen molar-refractivity contribution in [2.75, 3.05) is 13.2 Å². The lowest BCUT2D eigenvalue weighted by atomic mass is 9.70. The molecule has 0 saturated carbocycles. The van der Waals surface area contributed by atoms with Crippen molar-refractivity contribution in [2.45, 2.75) is 40.0 Å². The highest BCUT2D eigenvalue weighted by Gasteiger charge is 2.33. The molecule has 1 aromatic heterocycles. The predicted molar refractivity (Wildman–Crippen MR) is 127 cm³/mol. The first kappa shape index (κ1) is 21.8. The highest BCUT2D eigenvalue weighted by Crippen LogP contribution is 2.39. The number of fused-ring (bicyclic) bond motifs is 2. The van der Waals surface area contributed by atoms with E-state index in [2.05, 4.69) is 36.7 Å². The Hall–Kier alpha value is -2.40. The van der Waals surface area contributed by atoms with Crippen LogP contribution in [0.1, 0.15) is 48.8 Å². The number of carbonyl (C=O) groups excluding carboxylic acids is 1. The van der Waals surface area contributed by atoms with Crippen molar-refractivity contribution in [3.8, 4) is 5.75 Å². The summed E-state index contributed by atoms with van der Waals surface area (Å²) >= 11 is 3.41. The van der Waals surface area contributed by atoms with E-state index >= 15 is 0 Å². The standard InChI is InChI=1S/C26H28BrNO3/c1-26(2,3)17-8-13-23-21(16-17)24(20-6-4-5-7-22(20)28-23)25(29)31-15-14-30-19-11-9-18(27)10-12-19/h4-7,9-12,17H,8,13-16H2,1-3H3. The van der Waals surface area contributed by atoms with Crippen molar-refractivity contribution in [1.82, 2.24) is 4.98 Å². The molecule has 162 valence electrons. The Bertz CT molecular complexity index is 1090. The maximum atomic E-state index is 13.2. The molecule has 1 heterocycles. The Morgan fingerprint density at radius 3 is 2.58 bits per heavy atom. The molecule has 1 aliphatic rings. The number of carbonyl (C=O) groups is 1. The van der Waals surface area contributed by atoms with Gasteiger partial charge < -0.3 is 9.47 Å². The molecule has 5 heteroatoms. The van der Waals surface area contributed by atoms with Gasteiger partial charge in [-0.2, -0.15) is 0 Å². The molecule has 2 aromatic carbocycles. The van der Waals surface area contributed by atoms with E-state index in [0.717, 1.165) is 51.6 Å². The minimum absolute atomic E-state index is 0.184. The SMILES string of the molecule is CC(C)(C)C1CCc2nc3ccccc3c(C(=O)OCCOc3ccc(Br)cc3)c2C1. The number of hydrogen-bond donors (Lipinski definition) is 0. The Labute approximate surface area is 192 Å². The maximum Gasteiger partial charge on any atom is 0.339 e. The van der Waals surface area contributed by atoms with Gasteiger partial charge in [0, 0.05) is 15.6 Å². The van der Waals surface area contributed by atoms with E-state index < -0.39 is 0 Å². The fourth-order valence-corrected chi connectivity index (χ4v) is 4.52. The number of benzene rings is 2. The van der Waals surface area contributed by atoms with E-state index in [1.165, 1.54) is 0 Å². The van der Waals surface area contributed by atoms with Crippen LogP contribution >= 0.6 is 15.9 Å². The van der Waals surface area contributed by atoms with Crippen LogP contribution in [0, 0.1) is 11.3 Å². The number of aromatic nitrogens is 1. The Kier molecular flexibility index (Phi) is 6.33. The number of rotatable bonds is 5. The molecule has 0 amide bonds. The first-order valence-corrected chi connectivity index (χ1v) is 11.6. The van der Waals surface area contributed by atoms with Gasteiger partial charge >= 0.3 is 5.97 Å². The molecule has 1 aliphatic carbocycles. The lowest BCUT2D eigenvalue weighted by Crippen LogP contribution is -2.29. The van der Waals surface area contributed by atoms with E-state index in [1.54, 1.807) is 0 Å². The van der Waals surface area contributed by atoms with Gasteiger partial charge in [0.05, 0.1) is 11.1 Å². The number of pyridine rings is 1. The van der Waals surface area contributed by atoms with E-state index in [9.17, 15) is 4.79 Å². The lowest BCUT2D eigenvalue weighted by molar-refractivity contribution is 0.0450. The third-order valence-corrected chi connectivity index (χ3v) is 6.62. The summed E-state index contributed by atoms with van der Waals surface area (Å²) in [7, 11) is 0. The molecule has 0 N–H and O–H groups in total. The molecular weight excluding hydrogens is 454 g/mol. The lowest BCUT2D eigenvalue weighted by Gasteiger charge is -2.35. The molecule has 4 nitrogen and oxygen atoms in total. The van der Waals surface area contributed by atoms with Gasteiger partial charge in [-0.3, -0.25) is 4.98 Å². The molecule has 0 spiro atoms. The summed E-state index contributed by atoms with van der Waals surface area (Å²) in [6.07, 6.45) is 2.85. The van der Waals surface area contributed by atoms with E-state index in [-0.39, 0.29) is 18.0 Å². The van der Waals surface area contributed by atoms with E-state index in [4.69, 9.17) is 14.5 Å². The van der Waals surface area contributed by atoms with Gasteiger partial charge in [-0.25, -0.2) is 4.79 Å². The number of para-hydroxylation sites is 1. The van der Waals surface area contributed by atoms with Crippen LogP contribution < -0.4 is 4.74 Å². The zero-order valence-corrected chi connectivity index (χ0v) is 19.9. The molecule has 4 rings (SSSR count). The average molecular weight is 482 g/mol. The summed E-state index contributed by atoms with van der Waals surface area (Å²) in [6.45, 7) is 7.32. The van der Waals surface area contributed by atoms with Crippen molar-refractivity contribution in [2.24, 2.45) is 11.3 Å². The summed E-state index contributed by atoms with van der Waals surface area (Å²) in [5.74, 6) is 0.970. The van der Waals surface area contributed by atoms with Gasteiger partial charge in [0.25, 0.3) is 0 Å². The summed E-state index contributed by atoms with van der Waals surface area (Å²) < 4.78 is 12.4. The largest absolute Gasteiger partial charge is 0.490 e. The van der Waals surface area contributed by atoms with Gasteiger partial charge in [0.2, 0.25) is 0 Å². The molecule has 1 unspecified atom stereocenters. The second-order valence-electron chi connectivity index (χ2n) is 9.17. The third kappa shape index (κ3) is 4.93. The monoisotopic (exact) mass is 481 g/mol. The van der Waals surface area contributed by atoms with Gasteiger partial charge in [-0.1, -0.05) is 54.9 Å². The number of aryl methyl sites for hydroxylation is 1. The molecular formula is C26H28BrNO3. The first-order valence-electron chi connectivity index (χ1n) is 10.8. The van der Waals surface area contributed by atoms with E-state index in [1.807, 2.05) is 48.5 Å². The van der Waals surface area contributed by atoms with Gasteiger partial charge in [0.1, 0.15) is 19.0 Å². The summed E-state index contributed by atoms with van der Waals surface area (Å²) in [6, 6.07) is 15.5. The van der Waals surface area contributed by atoms with Crippen LogP contribution in [0.2, 0.25) is 0 Å².